The van der Waals surface area contributed by atoms with Crippen LogP contribution < -0.4 is 4.74 Å². The second-order valence-electron chi connectivity index (χ2n) is 10.6. The predicted molar refractivity (Wildman–Crippen MR) is 137 cm³/mol. The van der Waals surface area contributed by atoms with Crippen molar-refractivity contribution in [1.82, 2.24) is 9.78 Å². The molecule has 1 aromatic carbocycles. The maximum atomic E-state index is 14.5. The molecule has 0 saturated carbocycles. The molecule has 10 heteroatoms. The van der Waals surface area contributed by atoms with Gasteiger partial charge in [0.15, 0.2) is 17.4 Å². The maximum Gasteiger partial charge on any atom is 0.304 e. The summed E-state index contributed by atoms with van der Waals surface area (Å²) in [7, 11) is 0.158. The van der Waals surface area contributed by atoms with Gasteiger partial charge >= 0.3 is 5.97 Å². The predicted octanol–water partition coefficient (Wildman–Crippen LogP) is 5.04. The van der Waals surface area contributed by atoms with E-state index < -0.39 is 31.6 Å². The van der Waals surface area contributed by atoms with Gasteiger partial charge in [-0.25, -0.2) is 9.07 Å². The van der Waals surface area contributed by atoms with Crippen LogP contribution in [-0.4, -0.2) is 61.6 Å². The third-order valence-corrected chi connectivity index (χ3v) is 8.07. The molecule has 0 bridgehead atoms. The summed E-state index contributed by atoms with van der Waals surface area (Å²) in [5, 5.41) is 14.3. The van der Waals surface area contributed by atoms with Crippen LogP contribution in [0.3, 0.4) is 0 Å². The Morgan fingerprint density at radius 2 is 2.00 bits per heavy atom. The first-order valence-electron chi connectivity index (χ1n) is 12.5. The van der Waals surface area contributed by atoms with Crippen molar-refractivity contribution in [2.75, 3.05) is 26.9 Å². The minimum Gasteiger partial charge on any atom is -0.494 e. The number of carboxylic acid groups (broad SMARTS) is 1. The number of aromatic nitrogens is 2. The van der Waals surface area contributed by atoms with Crippen LogP contribution in [0.15, 0.2) is 24.3 Å². The van der Waals surface area contributed by atoms with E-state index in [1.54, 1.807) is 10.7 Å². The van der Waals surface area contributed by atoms with Crippen molar-refractivity contribution in [2.24, 2.45) is 0 Å². The van der Waals surface area contributed by atoms with Crippen molar-refractivity contribution in [2.45, 2.75) is 76.7 Å². The first-order valence-corrected chi connectivity index (χ1v) is 16.2. The van der Waals surface area contributed by atoms with Crippen molar-refractivity contribution < 1.29 is 33.2 Å². The quantitative estimate of drug-likeness (QED) is 0.275. The Kier molecular flexibility index (Phi) is 9.68. The molecule has 8 nitrogen and oxygen atoms in total. The summed E-state index contributed by atoms with van der Waals surface area (Å²) in [5.74, 6) is -2.59. The molecular formula is C26H39FN2O6Si. The topological polar surface area (TPSA) is 92.0 Å². The lowest BCUT2D eigenvalue weighted by molar-refractivity contribution is -0.147. The Hall–Kier alpha value is -2.27. The summed E-state index contributed by atoms with van der Waals surface area (Å²) in [6, 6.07) is 7.48. The van der Waals surface area contributed by atoms with Gasteiger partial charge in [-0.05, 0) is 49.6 Å². The second kappa shape index (κ2) is 12.3. The molecule has 3 rings (SSSR count). The molecule has 1 atom stereocenters. The third-order valence-electron chi connectivity index (χ3n) is 6.37. The number of hydrogen-bond donors (Lipinski definition) is 1. The molecule has 200 valence electrons. The molecule has 1 unspecified atom stereocenters. The highest BCUT2D eigenvalue weighted by Crippen LogP contribution is 2.32. The summed E-state index contributed by atoms with van der Waals surface area (Å²) in [5.41, 5.74) is 2.04. The molecular weight excluding hydrogens is 483 g/mol. The van der Waals surface area contributed by atoms with E-state index in [1.807, 2.05) is 13.0 Å². The average molecular weight is 523 g/mol. The van der Waals surface area contributed by atoms with Crippen LogP contribution in [0, 0.1) is 5.82 Å². The number of aliphatic carboxylic acids is 1. The van der Waals surface area contributed by atoms with E-state index >= 15 is 0 Å². The number of rotatable bonds is 14. The Morgan fingerprint density at radius 3 is 2.61 bits per heavy atom. The number of carbonyl (C=O) groups is 1. The fourth-order valence-corrected chi connectivity index (χ4v) is 5.01. The van der Waals surface area contributed by atoms with Crippen LogP contribution in [-0.2, 0) is 32.2 Å². The number of ether oxygens (including phenoxy) is 4. The highest BCUT2D eigenvalue weighted by Gasteiger charge is 2.30. The maximum absolute atomic E-state index is 14.5. The summed E-state index contributed by atoms with van der Waals surface area (Å²) >= 11 is 0. The first kappa shape index (κ1) is 28.3. The molecule has 2 heterocycles. The van der Waals surface area contributed by atoms with Gasteiger partial charge < -0.3 is 24.1 Å². The molecule has 1 aromatic heterocycles. The van der Waals surface area contributed by atoms with E-state index in [1.165, 1.54) is 19.2 Å². The molecule has 1 N–H and O–H groups in total. The number of aryl methyl sites for hydroxylation is 1. The van der Waals surface area contributed by atoms with Gasteiger partial charge in [-0.15, -0.1) is 0 Å². The number of halogens is 1. The molecule has 0 aliphatic carbocycles. The molecule has 36 heavy (non-hydrogen) atoms. The Labute approximate surface area is 213 Å². The van der Waals surface area contributed by atoms with E-state index in [-0.39, 0.29) is 18.9 Å². The van der Waals surface area contributed by atoms with Crippen LogP contribution in [0.4, 0.5) is 4.39 Å². The Bertz CT molecular complexity index is 1020. The van der Waals surface area contributed by atoms with E-state index in [4.69, 9.17) is 24.0 Å². The number of hydrogen-bond acceptors (Lipinski definition) is 6. The fourth-order valence-electron chi connectivity index (χ4n) is 4.25. The zero-order valence-electron chi connectivity index (χ0n) is 22.0. The van der Waals surface area contributed by atoms with Crippen molar-refractivity contribution in [3.05, 3.63) is 47.0 Å². The average Bonchev–Trinajstić information content (AvgIpc) is 3.41. The summed E-state index contributed by atoms with van der Waals surface area (Å²) in [6.45, 7) is 11.0. The zero-order valence-corrected chi connectivity index (χ0v) is 23.0. The van der Waals surface area contributed by atoms with Crippen LogP contribution in [0.2, 0.25) is 25.7 Å². The molecule has 1 saturated heterocycles. The Morgan fingerprint density at radius 1 is 1.28 bits per heavy atom. The minimum atomic E-state index is -1.24. The normalized spacial score (nSPS) is 16.3. The van der Waals surface area contributed by atoms with Crippen LogP contribution in [0.1, 0.15) is 49.1 Å². The summed E-state index contributed by atoms with van der Waals surface area (Å²) in [6.07, 6.45) is 2.02. The molecule has 0 spiro atoms. The van der Waals surface area contributed by atoms with E-state index in [0.717, 1.165) is 24.6 Å². The SMILES string of the molecule is COc1ccc(C(CC(=O)O)c2cc(CCCC3(C)OCCO3)n(COCC[Si](C)(C)C)n2)cc1F. The molecule has 1 fully saturated rings. The van der Waals surface area contributed by atoms with Gasteiger partial charge in [0, 0.05) is 32.7 Å². The van der Waals surface area contributed by atoms with Gasteiger partial charge in [-0.3, -0.25) is 4.79 Å². The molecule has 1 aliphatic heterocycles. The van der Waals surface area contributed by atoms with Crippen LogP contribution in [0.25, 0.3) is 0 Å². The van der Waals surface area contributed by atoms with Crippen LogP contribution in [0.5, 0.6) is 5.75 Å². The van der Waals surface area contributed by atoms with Crippen molar-refractivity contribution in [3.63, 3.8) is 0 Å². The largest absolute Gasteiger partial charge is 0.494 e. The van der Waals surface area contributed by atoms with E-state index in [9.17, 15) is 14.3 Å². The minimum absolute atomic E-state index is 0.111. The molecule has 2 aromatic rings. The summed E-state index contributed by atoms with van der Waals surface area (Å²) < 4.78 is 38.7. The second-order valence-corrected chi connectivity index (χ2v) is 16.3. The van der Waals surface area contributed by atoms with Gasteiger partial charge in [-0.2, -0.15) is 5.10 Å². The lowest BCUT2D eigenvalue weighted by Gasteiger charge is -2.22. The van der Waals surface area contributed by atoms with E-state index in [0.29, 0.717) is 37.5 Å². The number of nitrogens with zero attached hydrogens (tertiary/aromatic N) is 2. The highest BCUT2D eigenvalue weighted by molar-refractivity contribution is 6.76. The van der Waals surface area contributed by atoms with Crippen molar-refractivity contribution in [1.29, 1.82) is 0 Å². The monoisotopic (exact) mass is 522 g/mol. The highest BCUT2D eigenvalue weighted by atomic mass is 28.3. The van der Waals surface area contributed by atoms with Gasteiger partial charge in [0.05, 0.1) is 32.4 Å². The lowest BCUT2D eigenvalue weighted by Crippen LogP contribution is -2.25. The lowest BCUT2D eigenvalue weighted by atomic mass is 9.92. The van der Waals surface area contributed by atoms with E-state index in [2.05, 4.69) is 19.6 Å². The number of carboxylic acids is 1. The van der Waals surface area contributed by atoms with Crippen LogP contribution >= 0.6 is 0 Å². The van der Waals surface area contributed by atoms with Gasteiger partial charge in [0.2, 0.25) is 0 Å². The summed E-state index contributed by atoms with van der Waals surface area (Å²) in [4.78, 5) is 11.7. The van der Waals surface area contributed by atoms with Crippen molar-refractivity contribution >= 4 is 14.0 Å². The molecule has 1 aliphatic rings. The number of benzene rings is 1. The Balaban J connectivity index is 1.83. The standard InChI is InChI=1S/C26H39FN2O6Si/c1-26(34-11-12-35-26)10-6-7-20-16-23(28-29(20)18-33-13-14-36(3,4)5)21(17-25(30)31)19-8-9-24(32-2)22(27)15-19/h8-9,15-16,21H,6-7,10-14,17-18H2,1-5H3,(H,30,31). The van der Waals surface area contributed by atoms with Gasteiger partial charge in [0.25, 0.3) is 0 Å². The molecule has 0 amide bonds. The zero-order chi connectivity index (χ0) is 26.3. The van der Waals surface area contributed by atoms with Gasteiger partial charge in [0.1, 0.15) is 6.73 Å². The van der Waals surface area contributed by atoms with Crippen molar-refractivity contribution in [3.8, 4) is 5.75 Å². The number of methoxy groups -OCH3 is 1. The third kappa shape index (κ3) is 8.12. The smallest absolute Gasteiger partial charge is 0.304 e. The van der Waals surface area contributed by atoms with Gasteiger partial charge in [-0.1, -0.05) is 25.7 Å². The molecule has 0 radical (unpaired) electrons. The first-order chi connectivity index (χ1) is 17.0. The fraction of sp³-hybridized carbons (Fsp3) is 0.615.